The highest BCUT2D eigenvalue weighted by molar-refractivity contribution is 5.99. The number of piperidine rings is 1. The van der Waals surface area contributed by atoms with Gasteiger partial charge in [0, 0.05) is 42.9 Å². The molecule has 0 aliphatic carbocycles. The van der Waals surface area contributed by atoms with Crippen molar-refractivity contribution in [2.45, 2.75) is 31.7 Å². The van der Waals surface area contributed by atoms with Crippen molar-refractivity contribution in [1.82, 2.24) is 25.1 Å². The molecule has 164 valence electrons. The summed E-state index contributed by atoms with van der Waals surface area (Å²) >= 11 is 0. The van der Waals surface area contributed by atoms with Crippen molar-refractivity contribution in [3.63, 3.8) is 0 Å². The zero-order valence-corrected chi connectivity index (χ0v) is 17.0. The normalized spacial score (nSPS) is 16.6. The van der Waals surface area contributed by atoms with Crippen molar-refractivity contribution >= 4 is 16.9 Å². The Bertz CT molecular complexity index is 1240. The second-order valence-corrected chi connectivity index (χ2v) is 7.97. The topological polar surface area (TPSA) is 77.7 Å². The summed E-state index contributed by atoms with van der Waals surface area (Å²) in [4.78, 5) is 22.6. The molecule has 1 unspecified atom stereocenters. The van der Waals surface area contributed by atoms with Crippen molar-refractivity contribution in [3.8, 4) is 11.1 Å². The van der Waals surface area contributed by atoms with Crippen LogP contribution in [0.5, 0.6) is 0 Å². The summed E-state index contributed by atoms with van der Waals surface area (Å²) in [7, 11) is 0. The van der Waals surface area contributed by atoms with Gasteiger partial charge in [0.1, 0.15) is 11.6 Å². The van der Waals surface area contributed by atoms with Gasteiger partial charge < -0.3 is 9.88 Å². The van der Waals surface area contributed by atoms with E-state index in [4.69, 9.17) is 0 Å². The molecule has 5 rings (SSSR count). The molecule has 2 N–H and O–H groups in total. The molecule has 1 aliphatic rings. The lowest BCUT2D eigenvalue weighted by atomic mass is 9.97. The van der Waals surface area contributed by atoms with Gasteiger partial charge in [0.2, 0.25) is 0 Å². The number of likely N-dealkylation sites (tertiary alicyclic amines) is 1. The van der Waals surface area contributed by atoms with Gasteiger partial charge in [0.05, 0.1) is 11.0 Å². The minimum absolute atomic E-state index is 0.135. The third-order valence-electron chi connectivity index (χ3n) is 5.89. The van der Waals surface area contributed by atoms with Crippen molar-refractivity contribution in [3.05, 3.63) is 71.6 Å². The van der Waals surface area contributed by atoms with Crippen molar-refractivity contribution < 1.29 is 18.0 Å². The van der Waals surface area contributed by atoms with Crippen LogP contribution in [0.2, 0.25) is 0 Å². The quantitative estimate of drug-likeness (QED) is 0.488. The van der Waals surface area contributed by atoms with E-state index in [0.29, 0.717) is 41.0 Å². The van der Waals surface area contributed by atoms with E-state index in [0.717, 1.165) is 31.4 Å². The number of aromatic amines is 2. The average molecular weight is 439 g/mol. The maximum Gasteiger partial charge on any atom is 0.275 e. The standard InChI is InChI=1S/C23H20F3N5O/c24-14-6-4-13(5-7-14)16-12-27-30-22(16)23(32)31-8-2-1-3-15(31)9-21-28-19-10-17(25)18(26)11-20(19)29-21/h4-7,10-12,15H,1-3,8-9H2,(H,27,30)(H,28,29). The number of nitrogens with one attached hydrogen (secondary N) is 2. The molecule has 4 aromatic rings. The molecular formula is C23H20F3N5O. The molecule has 6 nitrogen and oxygen atoms in total. The number of amides is 1. The lowest BCUT2D eigenvalue weighted by molar-refractivity contribution is 0.0606. The summed E-state index contributed by atoms with van der Waals surface area (Å²) in [5, 5.41) is 6.91. The molecular weight excluding hydrogens is 419 g/mol. The fourth-order valence-corrected chi connectivity index (χ4v) is 4.30. The van der Waals surface area contributed by atoms with E-state index >= 15 is 0 Å². The SMILES string of the molecule is O=C(c1n[nH]cc1-c1ccc(F)cc1)N1CCCCC1Cc1nc2cc(F)c(F)cc2[nH]1. The lowest BCUT2D eigenvalue weighted by Gasteiger charge is -2.35. The number of fused-ring (bicyclic) bond motifs is 1. The van der Waals surface area contributed by atoms with Gasteiger partial charge in [-0.05, 0) is 37.0 Å². The Morgan fingerprint density at radius 2 is 1.88 bits per heavy atom. The Hall–Kier alpha value is -3.62. The first-order chi connectivity index (χ1) is 15.5. The number of carbonyl (C=O) groups excluding carboxylic acids is 1. The predicted octanol–water partition coefficient (Wildman–Crippen LogP) is 4.61. The van der Waals surface area contributed by atoms with Gasteiger partial charge in [0.25, 0.3) is 5.91 Å². The van der Waals surface area contributed by atoms with Gasteiger partial charge in [-0.3, -0.25) is 9.89 Å². The fourth-order valence-electron chi connectivity index (χ4n) is 4.30. The molecule has 3 heterocycles. The number of benzene rings is 2. The maximum atomic E-state index is 13.5. The summed E-state index contributed by atoms with van der Waals surface area (Å²) < 4.78 is 40.4. The summed E-state index contributed by atoms with van der Waals surface area (Å²) in [6, 6.07) is 7.91. The van der Waals surface area contributed by atoms with Gasteiger partial charge in [-0.25, -0.2) is 18.2 Å². The number of aromatic nitrogens is 4. The van der Waals surface area contributed by atoms with Crippen LogP contribution in [-0.4, -0.2) is 43.6 Å². The smallest absolute Gasteiger partial charge is 0.275 e. The fraction of sp³-hybridized carbons (Fsp3) is 0.261. The van der Waals surface area contributed by atoms with Gasteiger partial charge in [-0.2, -0.15) is 5.10 Å². The van der Waals surface area contributed by atoms with E-state index in [-0.39, 0.29) is 23.5 Å². The second-order valence-electron chi connectivity index (χ2n) is 7.97. The minimum atomic E-state index is -0.947. The monoisotopic (exact) mass is 439 g/mol. The Morgan fingerprint density at radius 3 is 2.69 bits per heavy atom. The third-order valence-corrected chi connectivity index (χ3v) is 5.89. The first-order valence-corrected chi connectivity index (χ1v) is 10.4. The van der Waals surface area contributed by atoms with Crippen LogP contribution in [-0.2, 0) is 6.42 Å². The molecule has 2 aromatic carbocycles. The van der Waals surface area contributed by atoms with Crippen LogP contribution in [0.3, 0.4) is 0 Å². The first-order valence-electron chi connectivity index (χ1n) is 10.4. The summed E-state index contributed by atoms with van der Waals surface area (Å²) in [5.41, 5.74) is 2.33. The molecule has 0 saturated carbocycles. The second kappa shape index (κ2) is 8.14. The van der Waals surface area contributed by atoms with E-state index in [1.807, 2.05) is 0 Å². The van der Waals surface area contributed by atoms with E-state index in [1.54, 1.807) is 23.2 Å². The van der Waals surface area contributed by atoms with Crippen molar-refractivity contribution in [1.29, 1.82) is 0 Å². The van der Waals surface area contributed by atoms with Gasteiger partial charge in [-0.15, -0.1) is 0 Å². The van der Waals surface area contributed by atoms with E-state index < -0.39 is 11.6 Å². The molecule has 0 radical (unpaired) electrons. The zero-order valence-electron chi connectivity index (χ0n) is 17.0. The molecule has 1 fully saturated rings. The summed E-state index contributed by atoms with van der Waals surface area (Å²) in [6.07, 6.45) is 4.67. The summed E-state index contributed by atoms with van der Waals surface area (Å²) in [6.45, 7) is 0.572. The van der Waals surface area contributed by atoms with Gasteiger partial charge >= 0.3 is 0 Å². The van der Waals surface area contributed by atoms with Crippen LogP contribution in [0.25, 0.3) is 22.2 Å². The molecule has 1 amide bonds. The van der Waals surface area contributed by atoms with Crippen LogP contribution >= 0.6 is 0 Å². The number of hydrogen-bond donors (Lipinski definition) is 2. The number of rotatable bonds is 4. The lowest BCUT2D eigenvalue weighted by Crippen LogP contribution is -2.45. The molecule has 9 heteroatoms. The van der Waals surface area contributed by atoms with E-state index in [1.165, 1.54) is 12.1 Å². The highest BCUT2D eigenvalue weighted by Gasteiger charge is 2.31. The number of halogens is 3. The van der Waals surface area contributed by atoms with E-state index in [9.17, 15) is 18.0 Å². The van der Waals surface area contributed by atoms with Crippen molar-refractivity contribution in [2.24, 2.45) is 0 Å². The Morgan fingerprint density at radius 1 is 1.09 bits per heavy atom. The Labute approximate surface area is 181 Å². The molecule has 32 heavy (non-hydrogen) atoms. The molecule has 0 bridgehead atoms. The largest absolute Gasteiger partial charge is 0.342 e. The van der Waals surface area contributed by atoms with Crippen molar-refractivity contribution in [2.75, 3.05) is 6.54 Å². The number of hydrogen-bond acceptors (Lipinski definition) is 3. The Kier molecular flexibility index (Phi) is 5.16. The maximum absolute atomic E-state index is 13.5. The van der Waals surface area contributed by atoms with Crippen LogP contribution < -0.4 is 0 Å². The highest BCUT2D eigenvalue weighted by atomic mass is 19.2. The minimum Gasteiger partial charge on any atom is -0.342 e. The number of H-pyrrole nitrogens is 2. The highest BCUT2D eigenvalue weighted by Crippen LogP contribution is 2.28. The molecule has 2 aromatic heterocycles. The van der Waals surface area contributed by atoms with Crippen LogP contribution in [0.15, 0.2) is 42.6 Å². The van der Waals surface area contributed by atoms with Crippen LogP contribution in [0.4, 0.5) is 13.2 Å². The first kappa shape index (κ1) is 20.3. The zero-order chi connectivity index (χ0) is 22.2. The third kappa shape index (κ3) is 3.74. The van der Waals surface area contributed by atoms with Crippen LogP contribution in [0.1, 0.15) is 35.6 Å². The molecule has 1 saturated heterocycles. The number of nitrogens with zero attached hydrogens (tertiary/aromatic N) is 3. The number of carbonyl (C=O) groups is 1. The molecule has 0 spiro atoms. The Balaban J connectivity index is 1.41. The molecule has 1 aliphatic heterocycles. The van der Waals surface area contributed by atoms with E-state index in [2.05, 4.69) is 20.2 Å². The molecule has 1 atom stereocenters. The number of imidazole rings is 1. The van der Waals surface area contributed by atoms with Gasteiger partial charge in [-0.1, -0.05) is 12.1 Å². The van der Waals surface area contributed by atoms with Gasteiger partial charge in [0.15, 0.2) is 17.3 Å². The predicted molar refractivity (Wildman–Crippen MR) is 112 cm³/mol. The average Bonchev–Trinajstić information content (AvgIpc) is 3.41. The van der Waals surface area contributed by atoms with Crippen LogP contribution in [0, 0.1) is 17.5 Å². The summed E-state index contributed by atoms with van der Waals surface area (Å²) in [5.74, 6) is -1.89.